The molecule has 33 heavy (non-hydrogen) atoms. The van der Waals surface area contributed by atoms with Gasteiger partial charge >= 0.3 is 0 Å². The van der Waals surface area contributed by atoms with Crippen molar-refractivity contribution in [1.29, 1.82) is 0 Å². The van der Waals surface area contributed by atoms with Gasteiger partial charge in [-0.2, -0.15) is 0 Å². The third kappa shape index (κ3) is 4.14. The number of aliphatic hydroxyl groups excluding tert-OH is 1. The van der Waals surface area contributed by atoms with E-state index in [4.69, 9.17) is 14.2 Å². The van der Waals surface area contributed by atoms with Crippen molar-refractivity contribution >= 4 is 17.4 Å². The number of methoxy groups -OCH3 is 2. The van der Waals surface area contributed by atoms with Crippen LogP contribution < -0.4 is 9.47 Å². The van der Waals surface area contributed by atoms with E-state index in [1.807, 2.05) is 6.92 Å². The number of fused-ring (bicyclic) bond motifs is 1. The number of carbonyl (C=O) groups is 2. The number of phenols is 1. The minimum Gasteiger partial charge on any atom is -0.507 e. The molecular formula is C25H27NO7. The van der Waals surface area contributed by atoms with E-state index >= 15 is 0 Å². The molecule has 8 nitrogen and oxygen atoms in total. The fourth-order valence-electron chi connectivity index (χ4n) is 4.44. The third-order valence-corrected chi connectivity index (χ3v) is 5.98. The van der Waals surface area contributed by atoms with Crippen LogP contribution in [0.3, 0.4) is 0 Å². The van der Waals surface area contributed by atoms with Crippen molar-refractivity contribution in [2.24, 2.45) is 0 Å². The zero-order valence-corrected chi connectivity index (χ0v) is 18.8. The molecular weight excluding hydrogens is 426 g/mol. The van der Waals surface area contributed by atoms with Gasteiger partial charge in [0.2, 0.25) is 0 Å². The maximum atomic E-state index is 13.1. The Balaban J connectivity index is 1.82. The fraction of sp³-hybridized carbons (Fsp3) is 0.360. The lowest BCUT2D eigenvalue weighted by Gasteiger charge is -2.25. The Labute approximate surface area is 192 Å². The van der Waals surface area contributed by atoms with Crippen molar-refractivity contribution in [3.63, 3.8) is 0 Å². The number of amides is 1. The highest BCUT2D eigenvalue weighted by molar-refractivity contribution is 6.46. The summed E-state index contributed by atoms with van der Waals surface area (Å²) in [6, 6.07) is 9.04. The molecule has 1 saturated heterocycles. The number of benzene rings is 2. The van der Waals surface area contributed by atoms with Gasteiger partial charge in [-0.15, -0.1) is 0 Å². The van der Waals surface area contributed by atoms with E-state index in [1.54, 1.807) is 37.4 Å². The Morgan fingerprint density at radius 2 is 1.97 bits per heavy atom. The molecule has 0 saturated carbocycles. The van der Waals surface area contributed by atoms with Gasteiger partial charge in [-0.05, 0) is 54.8 Å². The highest BCUT2D eigenvalue weighted by Crippen LogP contribution is 2.42. The SMILES string of the molecule is COCCCN1C(=O)C(=O)/C(=C(\O)c2ccc3c(c2)CC(C)O3)C1c1ccc(OC)c(O)c1. The van der Waals surface area contributed by atoms with Crippen molar-refractivity contribution < 1.29 is 34.0 Å². The van der Waals surface area contributed by atoms with Crippen LogP contribution in [0.1, 0.15) is 36.1 Å². The van der Waals surface area contributed by atoms with Gasteiger partial charge in [0.25, 0.3) is 11.7 Å². The molecule has 2 N–H and O–H groups in total. The molecule has 0 aliphatic carbocycles. The summed E-state index contributed by atoms with van der Waals surface area (Å²) in [5, 5.41) is 21.6. The maximum absolute atomic E-state index is 13.1. The number of Topliss-reactive ketones (excluding diaryl/α,β-unsaturated/α-hetero) is 1. The normalized spacial score (nSPS) is 21.2. The van der Waals surface area contributed by atoms with Crippen molar-refractivity contribution in [1.82, 2.24) is 4.90 Å². The molecule has 2 heterocycles. The summed E-state index contributed by atoms with van der Waals surface area (Å²) >= 11 is 0. The minimum absolute atomic E-state index is 0.0195. The highest BCUT2D eigenvalue weighted by atomic mass is 16.5. The number of hydrogen-bond donors (Lipinski definition) is 2. The molecule has 2 aliphatic heterocycles. The van der Waals surface area contributed by atoms with Gasteiger partial charge in [0, 0.05) is 32.2 Å². The van der Waals surface area contributed by atoms with Crippen LogP contribution >= 0.6 is 0 Å². The van der Waals surface area contributed by atoms with Crippen LogP contribution in [0.4, 0.5) is 0 Å². The number of phenolic OH excluding ortho intramolecular Hbond substituents is 1. The largest absolute Gasteiger partial charge is 0.507 e. The first-order chi connectivity index (χ1) is 15.8. The molecule has 2 aromatic rings. The second-order valence-corrected chi connectivity index (χ2v) is 8.23. The lowest BCUT2D eigenvalue weighted by Crippen LogP contribution is -2.31. The number of likely N-dealkylation sites (tertiary alicyclic amines) is 1. The van der Waals surface area contributed by atoms with Gasteiger partial charge < -0.3 is 29.3 Å². The predicted molar refractivity (Wildman–Crippen MR) is 120 cm³/mol. The van der Waals surface area contributed by atoms with Crippen molar-refractivity contribution in [3.05, 3.63) is 58.7 Å². The Morgan fingerprint density at radius 3 is 2.67 bits per heavy atom. The number of ether oxygens (including phenoxy) is 3. The number of ketones is 1. The smallest absolute Gasteiger partial charge is 0.295 e. The molecule has 2 aromatic carbocycles. The number of aromatic hydroxyl groups is 1. The summed E-state index contributed by atoms with van der Waals surface area (Å²) in [6.45, 7) is 2.62. The van der Waals surface area contributed by atoms with Crippen LogP contribution in [0.2, 0.25) is 0 Å². The third-order valence-electron chi connectivity index (χ3n) is 5.98. The predicted octanol–water partition coefficient (Wildman–Crippen LogP) is 3.18. The summed E-state index contributed by atoms with van der Waals surface area (Å²) in [4.78, 5) is 27.4. The molecule has 1 amide bonds. The van der Waals surface area contributed by atoms with Crippen LogP contribution in [-0.4, -0.2) is 60.3 Å². The first-order valence-electron chi connectivity index (χ1n) is 10.8. The molecule has 8 heteroatoms. The lowest BCUT2D eigenvalue weighted by atomic mass is 9.94. The van der Waals surface area contributed by atoms with E-state index in [1.165, 1.54) is 18.1 Å². The van der Waals surface area contributed by atoms with Gasteiger partial charge in [0.1, 0.15) is 17.6 Å². The number of aliphatic hydroxyl groups is 1. The number of carbonyl (C=O) groups excluding carboxylic acids is 2. The Hall–Kier alpha value is -3.52. The van der Waals surface area contributed by atoms with E-state index in [0.29, 0.717) is 30.6 Å². The first kappa shape index (κ1) is 22.7. The van der Waals surface area contributed by atoms with Crippen LogP contribution in [0.5, 0.6) is 17.2 Å². The summed E-state index contributed by atoms with van der Waals surface area (Å²) in [5.41, 5.74) is 1.84. The van der Waals surface area contributed by atoms with E-state index in [0.717, 1.165) is 11.3 Å². The Morgan fingerprint density at radius 1 is 1.18 bits per heavy atom. The van der Waals surface area contributed by atoms with Crippen molar-refractivity contribution in [3.8, 4) is 17.2 Å². The van der Waals surface area contributed by atoms with Gasteiger partial charge in [0.15, 0.2) is 11.5 Å². The molecule has 2 aliphatic rings. The second kappa shape index (κ2) is 9.15. The summed E-state index contributed by atoms with van der Waals surface area (Å²) in [7, 11) is 3.00. The monoisotopic (exact) mass is 453 g/mol. The van der Waals surface area contributed by atoms with Gasteiger partial charge in [-0.1, -0.05) is 6.07 Å². The van der Waals surface area contributed by atoms with Gasteiger partial charge in [0.05, 0.1) is 18.7 Å². The molecule has 0 bridgehead atoms. The average molecular weight is 453 g/mol. The van der Waals surface area contributed by atoms with E-state index in [2.05, 4.69) is 0 Å². The average Bonchev–Trinajstić information content (AvgIpc) is 3.29. The van der Waals surface area contributed by atoms with Gasteiger partial charge in [-0.25, -0.2) is 0 Å². The number of nitrogens with zero attached hydrogens (tertiary/aromatic N) is 1. The number of rotatable bonds is 7. The molecule has 2 atom stereocenters. The molecule has 174 valence electrons. The number of hydrogen-bond acceptors (Lipinski definition) is 7. The van der Waals surface area contributed by atoms with Crippen LogP contribution in [0.15, 0.2) is 42.0 Å². The van der Waals surface area contributed by atoms with Crippen molar-refractivity contribution in [2.45, 2.75) is 31.9 Å². The molecule has 2 unspecified atom stereocenters. The van der Waals surface area contributed by atoms with E-state index in [-0.39, 0.29) is 35.5 Å². The zero-order valence-electron chi connectivity index (χ0n) is 18.8. The highest BCUT2D eigenvalue weighted by Gasteiger charge is 2.46. The molecule has 0 radical (unpaired) electrons. The first-order valence-corrected chi connectivity index (χ1v) is 10.8. The van der Waals surface area contributed by atoms with Gasteiger partial charge in [-0.3, -0.25) is 9.59 Å². The second-order valence-electron chi connectivity index (χ2n) is 8.23. The topological polar surface area (TPSA) is 106 Å². The fourth-order valence-corrected chi connectivity index (χ4v) is 4.44. The zero-order chi connectivity index (χ0) is 23.7. The molecule has 4 rings (SSSR count). The standard InChI is InChI=1S/C25H27NO7/c1-14-11-17-12-16(6-7-19(17)33-14)23(28)21-22(15-5-8-20(32-3)18(27)13-15)26(9-4-10-31-2)25(30)24(21)29/h5-8,12-14,22,27-28H,4,9-11H2,1-3H3/b23-21-. The van der Waals surface area contributed by atoms with Crippen LogP contribution in [-0.2, 0) is 20.7 Å². The molecule has 0 spiro atoms. The summed E-state index contributed by atoms with van der Waals surface area (Å²) in [6.07, 6.45) is 1.24. The summed E-state index contributed by atoms with van der Waals surface area (Å²) < 4.78 is 15.9. The maximum Gasteiger partial charge on any atom is 0.295 e. The Kier molecular flexibility index (Phi) is 6.29. The molecule has 0 aromatic heterocycles. The van der Waals surface area contributed by atoms with Crippen molar-refractivity contribution in [2.75, 3.05) is 27.4 Å². The molecule has 1 fully saturated rings. The van der Waals surface area contributed by atoms with E-state index in [9.17, 15) is 19.8 Å². The van der Waals surface area contributed by atoms with E-state index < -0.39 is 17.7 Å². The van der Waals surface area contributed by atoms with Crippen LogP contribution in [0.25, 0.3) is 5.76 Å². The lowest BCUT2D eigenvalue weighted by molar-refractivity contribution is -0.140. The minimum atomic E-state index is -0.859. The quantitative estimate of drug-likeness (QED) is 0.287. The van der Waals surface area contributed by atoms with Crippen LogP contribution in [0, 0.1) is 0 Å². The summed E-state index contributed by atoms with van der Waals surface area (Å²) in [5.74, 6) is -0.841. The Bertz CT molecular complexity index is 1120.